The molecular formula is C23H27N3O4. The Hall–Kier alpha value is -3.37. The van der Waals surface area contributed by atoms with E-state index in [-0.39, 0.29) is 11.6 Å². The summed E-state index contributed by atoms with van der Waals surface area (Å²) < 4.78 is 12.2. The molecule has 1 amide bonds. The lowest BCUT2D eigenvalue weighted by molar-refractivity contribution is -0.144. The summed E-state index contributed by atoms with van der Waals surface area (Å²) in [4.78, 5) is 24.4. The summed E-state index contributed by atoms with van der Waals surface area (Å²) in [5.41, 5.74) is 3.44. The Balaban J connectivity index is 2.00. The first-order chi connectivity index (χ1) is 14.4. The van der Waals surface area contributed by atoms with Crippen molar-refractivity contribution in [3.05, 3.63) is 64.5 Å². The van der Waals surface area contributed by atoms with Gasteiger partial charge in [-0.25, -0.2) is 4.79 Å². The molecule has 1 aromatic carbocycles. The molecule has 0 saturated heterocycles. The molecule has 1 aromatic heterocycles. The Morgan fingerprint density at radius 2 is 1.97 bits per heavy atom. The van der Waals surface area contributed by atoms with E-state index in [2.05, 4.69) is 5.32 Å². The number of aromatic nitrogens is 1. The number of benzene rings is 1. The molecule has 2 rings (SSSR count). The minimum absolute atomic E-state index is 0.161. The Morgan fingerprint density at radius 3 is 2.60 bits per heavy atom. The lowest BCUT2D eigenvalue weighted by Gasteiger charge is -2.14. The van der Waals surface area contributed by atoms with Gasteiger partial charge in [-0.05, 0) is 44.0 Å². The van der Waals surface area contributed by atoms with Crippen LogP contribution in [-0.4, -0.2) is 36.8 Å². The molecule has 0 unspecified atom stereocenters. The monoisotopic (exact) mass is 409 g/mol. The number of aryl methyl sites for hydroxylation is 1. The maximum atomic E-state index is 12.3. The molecule has 0 radical (unpaired) electrons. The van der Waals surface area contributed by atoms with Crippen LogP contribution in [0, 0.1) is 25.2 Å². The van der Waals surface area contributed by atoms with Crippen molar-refractivity contribution in [2.24, 2.45) is 0 Å². The van der Waals surface area contributed by atoms with Crippen molar-refractivity contribution in [3.63, 3.8) is 0 Å². The van der Waals surface area contributed by atoms with Crippen molar-refractivity contribution in [2.45, 2.75) is 33.4 Å². The van der Waals surface area contributed by atoms with Gasteiger partial charge < -0.3 is 19.4 Å². The normalized spacial score (nSPS) is 12.2. The lowest BCUT2D eigenvalue weighted by atomic mass is 10.1. The topological polar surface area (TPSA) is 93.3 Å². The molecule has 1 N–H and O–H groups in total. The number of hydrogen-bond acceptors (Lipinski definition) is 5. The minimum atomic E-state index is -0.832. The molecular weight excluding hydrogens is 382 g/mol. The van der Waals surface area contributed by atoms with Gasteiger partial charge in [0.1, 0.15) is 11.6 Å². The van der Waals surface area contributed by atoms with Gasteiger partial charge in [0.15, 0.2) is 6.61 Å². The molecule has 7 nitrogen and oxygen atoms in total. The highest BCUT2D eigenvalue weighted by Gasteiger charge is 2.16. The molecule has 1 atom stereocenters. The number of esters is 1. The van der Waals surface area contributed by atoms with E-state index in [4.69, 9.17) is 9.47 Å². The second-order valence-corrected chi connectivity index (χ2v) is 6.92. The summed E-state index contributed by atoms with van der Waals surface area (Å²) in [7, 11) is 1.63. The predicted molar refractivity (Wildman–Crippen MR) is 113 cm³/mol. The van der Waals surface area contributed by atoms with E-state index in [0.29, 0.717) is 13.2 Å². The van der Waals surface area contributed by atoms with Crippen LogP contribution in [0.3, 0.4) is 0 Å². The van der Waals surface area contributed by atoms with Crippen molar-refractivity contribution in [3.8, 4) is 6.07 Å². The van der Waals surface area contributed by atoms with Crippen LogP contribution in [0.4, 0.5) is 0 Å². The molecule has 0 aliphatic carbocycles. The summed E-state index contributed by atoms with van der Waals surface area (Å²) in [6.07, 6.45) is 1.48. The summed E-state index contributed by atoms with van der Waals surface area (Å²) in [5, 5.41) is 12.1. The molecule has 0 spiro atoms. The third-order valence-corrected chi connectivity index (χ3v) is 4.78. The summed E-state index contributed by atoms with van der Waals surface area (Å²) >= 11 is 0. The van der Waals surface area contributed by atoms with Crippen molar-refractivity contribution in [1.29, 1.82) is 5.26 Å². The Kier molecular flexibility index (Phi) is 8.39. The Bertz CT molecular complexity index is 955. The number of hydrogen-bond donors (Lipinski definition) is 1. The van der Waals surface area contributed by atoms with Crippen molar-refractivity contribution in [2.75, 3.05) is 20.3 Å². The largest absolute Gasteiger partial charge is 0.451 e. The quantitative estimate of drug-likeness (QED) is 0.390. The molecule has 0 aliphatic heterocycles. The van der Waals surface area contributed by atoms with Gasteiger partial charge in [0.2, 0.25) is 0 Å². The Labute approximate surface area is 176 Å². The lowest BCUT2D eigenvalue weighted by Crippen LogP contribution is -2.31. The van der Waals surface area contributed by atoms with Crippen molar-refractivity contribution < 1.29 is 19.1 Å². The SMILES string of the molecule is COCCn1c(C)cc(/C=C(\C#N)C(=O)OCC(=O)N[C@@H](C)c2ccccc2)c1C. The number of carbonyl (C=O) groups is 2. The van der Waals surface area contributed by atoms with E-state index in [0.717, 1.165) is 22.5 Å². The zero-order valence-corrected chi connectivity index (χ0v) is 17.8. The van der Waals surface area contributed by atoms with Gasteiger partial charge in [0.25, 0.3) is 5.91 Å². The molecule has 0 aliphatic rings. The third-order valence-electron chi connectivity index (χ3n) is 4.78. The van der Waals surface area contributed by atoms with Crippen LogP contribution in [0.5, 0.6) is 0 Å². The van der Waals surface area contributed by atoms with Crippen LogP contribution in [0.2, 0.25) is 0 Å². The van der Waals surface area contributed by atoms with Crippen molar-refractivity contribution in [1.82, 2.24) is 9.88 Å². The molecule has 2 aromatic rings. The van der Waals surface area contributed by atoms with Crippen LogP contribution in [-0.2, 0) is 25.6 Å². The van der Waals surface area contributed by atoms with Crippen LogP contribution in [0.15, 0.2) is 42.0 Å². The number of ether oxygens (including phenoxy) is 2. The number of carbonyl (C=O) groups excluding carboxylic acids is 2. The molecule has 30 heavy (non-hydrogen) atoms. The van der Waals surface area contributed by atoms with E-state index in [1.54, 1.807) is 7.11 Å². The second-order valence-electron chi connectivity index (χ2n) is 6.92. The van der Waals surface area contributed by atoms with Gasteiger partial charge in [-0.15, -0.1) is 0 Å². The zero-order chi connectivity index (χ0) is 22.1. The Morgan fingerprint density at radius 1 is 1.27 bits per heavy atom. The van der Waals surface area contributed by atoms with Gasteiger partial charge in [0, 0.05) is 25.0 Å². The van der Waals surface area contributed by atoms with Crippen LogP contribution < -0.4 is 5.32 Å². The number of methoxy groups -OCH3 is 1. The van der Waals surface area contributed by atoms with E-state index >= 15 is 0 Å². The first-order valence-corrected chi connectivity index (χ1v) is 9.66. The number of nitriles is 1. The van der Waals surface area contributed by atoms with Gasteiger partial charge in [-0.3, -0.25) is 4.79 Å². The highest BCUT2D eigenvalue weighted by Crippen LogP contribution is 2.19. The summed E-state index contributed by atoms with van der Waals surface area (Å²) in [6.45, 7) is 6.48. The fraction of sp³-hybridized carbons (Fsp3) is 0.348. The maximum Gasteiger partial charge on any atom is 0.349 e. The van der Waals surface area contributed by atoms with E-state index in [1.165, 1.54) is 6.08 Å². The van der Waals surface area contributed by atoms with Crippen LogP contribution in [0.25, 0.3) is 6.08 Å². The highest BCUT2D eigenvalue weighted by atomic mass is 16.5. The smallest absolute Gasteiger partial charge is 0.349 e. The zero-order valence-electron chi connectivity index (χ0n) is 17.8. The molecule has 0 bridgehead atoms. The minimum Gasteiger partial charge on any atom is -0.451 e. The maximum absolute atomic E-state index is 12.3. The molecule has 7 heteroatoms. The fourth-order valence-corrected chi connectivity index (χ4v) is 3.11. The first-order valence-electron chi connectivity index (χ1n) is 9.66. The van der Waals surface area contributed by atoms with Gasteiger partial charge in [0.05, 0.1) is 12.6 Å². The fourth-order valence-electron chi connectivity index (χ4n) is 3.11. The number of nitrogens with zero attached hydrogens (tertiary/aromatic N) is 2. The second kappa shape index (κ2) is 11.0. The molecule has 1 heterocycles. The van der Waals surface area contributed by atoms with Crippen LogP contribution >= 0.6 is 0 Å². The van der Waals surface area contributed by atoms with Gasteiger partial charge >= 0.3 is 5.97 Å². The van der Waals surface area contributed by atoms with E-state index in [1.807, 2.05) is 67.8 Å². The average Bonchev–Trinajstić information content (AvgIpc) is 3.01. The standard InChI is InChI=1S/C23H27N3O4/c1-16-12-20(18(3)26(16)10-11-29-4)13-21(14-24)23(28)30-15-22(27)25-17(2)19-8-6-5-7-9-19/h5-9,12-13,17H,10-11,15H2,1-4H3,(H,25,27)/b21-13+/t17-/m0/s1. The summed E-state index contributed by atoms with van der Waals surface area (Å²) in [6, 6.07) is 13.0. The number of rotatable bonds is 9. The van der Waals surface area contributed by atoms with Gasteiger partial charge in [-0.1, -0.05) is 30.3 Å². The van der Waals surface area contributed by atoms with E-state index < -0.39 is 18.5 Å². The average molecular weight is 409 g/mol. The first kappa shape index (κ1) is 22.9. The molecule has 0 fully saturated rings. The molecule has 158 valence electrons. The molecule has 0 saturated carbocycles. The number of amides is 1. The third kappa shape index (κ3) is 6.06. The number of nitrogens with one attached hydrogen (secondary N) is 1. The van der Waals surface area contributed by atoms with E-state index in [9.17, 15) is 14.9 Å². The highest BCUT2D eigenvalue weighted by molar-refractivity contribution is 5.99. The van der Waals surface area contributed by atoms with Gasteiger partial charge in [-0.2, -0.15) is 5.26 Å². The van der Waals surface area contributed by atoms with Crippen LogP contribution in [0.1, 0.15) is 35.5 Å². The van der Waals surface area contributed by atoms with Crippen molar-refractivity contribution >= 4 is 18.0 Å². The summed E-state index contributed by atoms with van der Waals surface area (Å²) in [5.74, 6) is -1.27. The predicted octanol–water partition coefficient (Wildman–Crippen LogP) is 3.08.